The molecule has 0 aliphatic carbocycles. The van der Waals surface area contributed by atoms with E-state index < -0.39 is 0 Å². The van der Waals surface area contributed by atoms with Crippen LogP contribution in [0.5, 0.6) is 11.5 Å². The van der Waals surface area contributed by atoms with Gasteiger partial charge >= 0.3 is 21.1 Å². The van der Waals surface area contributed by atoms with Crippen molar-refractivity contribution < 1.29 is 25.8 Å². The molecule has 0 aliphatic heterocycles. The van der Waals surface area contributed by atoms with Crippen molar-refractivity contribution in [2.24, 2.45) is 0 Å². The van der Waals surface area contributed by atoms with Gasteiger partial charge < -0.3 is 13.9 Å². The number of nitrogens with zero attached hydrogens (tertiary/aromatic N) is 4. The Bertz CT molecular complexity index is 2760. The van der Waals surface area contributed by atoms with Crippen molar-refractivity contribution in [2.45, 2.75) is 81.6 Å². The van der Waals surface area contributed by atoms with Crippen LogP contribution in [0, 0.1) is 67.5 Å². The molecule has 3 heterocycles. The zero-order valence-corrected chi connectivity index (χ0v) is 36.4. The molecule has 5 nitrogen and oxygen atoms in total. The van der Waals surface area contributed by atoms with E-state index in [0.717, 1.165) is 44.6 Å². The number of rotatable bonds is 6. The van der Waals surface area contributed by atoms with E-state index >= 15 is 0 Å². The Kier molecular flexibility index (Phi) is 10.2. The number of benzene rings is 5. The molecule has 8 aromatic rings. The minimum atomic E-state index is 0. The molecule has 284 valence electrons. The second-order valence-electron chi connectivity index (χ2n) is 16.2. The van der Waals surface area contributed by atoms with Crippen LogP contribution in [0.25, 0.3) is 55.8 Å². The Hall–Kier alpha value is -5.25. The maximum Gasteiger partial charge on any atom is 2.00 e. The smallest absolute Gasteiger partial charge is 0.503 e. The molecule has 0 saturated carbocycles. The predicted octanol–water partition coefficient (Wildman–Crippen LogP) is 12.9. The molecular formula is C50H48N4OPt. The summed E-state index contributed by atoms with van der Waals surface area (Å²) < 4.78 is 11.0. The number of hydrogen-bond donors (Lipinski definition) is 0. The molecule has 0 fully saturated rings. The fraction of sp³-hybridized carbons (Fsp3) is 0.240. The second kappa shape index (κ2) is 14.7. The molecule has 0 bridgehead atoms. The molecule has 6 heteroatoms. The Labute approximate surface area is 345 Å². The van der Waals surface area contributed by atoms with Gasteiger partial charge in [-0.2, -0.15) is 6.07 Å². The molecule has 0 spiro atoms. The third kappa shape index (κ3) is 6.60. The number of imidazole rings is 1. The quantitative estimate of drug-likeness (QED) is 0.156. The number of ether oxygens (including phenoxy) is 1. The fourth-order valence-electron chi connectivity index (χ4n) is 8.18. The van der Waals surface area contributed by atoms with E-state index in [-0.39, 0.29) is 26.5 Å². The van der Waals surface area contributed by atoms with Crippen molar-refractivity contribution in [3.8, 4) is 45.5 Å². The van der Waals surface area contributed by atoms with Crippen molar-refractivity contribution in [3.05, 3.63) is 154 Å². The summed E-state index contributed by atoms with van der Waals surface area (Å²) in [6.45, 7) is 24.4. The van der Waals surface area contributed by atoms with E-state index in [1.54, 1.807) is 0 Å². The summed E-state index contributed by atoms with van der Waals surface area (Å²) in [5, 5.41) is 2.22. The summed E-state index contributed by atoms with van der Waals surface area (Å²) in [5.41, 5.74) is 18.0. The van der Waals surface area contributed by atoms with Crippen LogP contribution in [-0.4, -0.2) is 19.1 Å². The molecule has 8 rings (SSSR count). The SMILES string of the molecule is Cc1cnc(-n2c3[c-]c(Oc4[c-]c(-c5nccn5-c5c(C)c(C)c(C)c(C)c5C)ccc4)ccc3c3ccccc32)cc1-c1c(C)cc(C(C)(C)C)cc1C.[Pt+2]. The van der Waals surface area contributed by atoms with Crippen LogP contribution in [0.3, 0.4) is 0 Å². The first-order valence-corrected chi connectivity index (χ1v) is 19.1. The van der Waals surface area contributed by atoms with Gasteiger partial charge in [0.25, 0.3) is 0 Å². The standard InChI is InChI=1S/C50H48N4O.Pt/c1-29-23-38(50(9,10)11)24-30(2)47(29)43-27-46(52-28-31(43)3)54-44-18-13-12-17-41(44)42-20-19-40(26-45(42)54)55-39-16-14-15-37(25-39)49-51-21-22-53(49)48-35(7)33(5)32(4)34(6)36(48)8;/h12-24,27-28H,1-11H3;/q-2;+2. The van der Waals surface area contributed by atoms with Crippen LogP contribution in [-0.2, 0) is 26.5 Å². The molecule has 0 unspecified atom stereocenters. The normalized spacial score (nSPS) is 11.7. The van der Waals surface area contributed by atoms with Gasteiger partial charge in [-0.1, -0.05) is 62.7 Å². The maximum atomic E-state index is 6.56. The minimum absolute atomic E-state index is 0. The summed E-state index contributed by atoms with van der Waals surface area (Å²) in [4.78, 5) is 9.83. The number of aromatic nitrogens is 4. The number of hydrogen-bond acceptors (Lipinski definition) is 3. The summed E-state index contributed by atoms with van der Waals surface area (Å²) in [5.74, 6) is 2.85. The molecule has 0 atom stereocenters. The Balaban J connectivity index is 0.00000480. The van der Waals surface area contributed by atoms with E-state index in [4.69, 9.17) is 14.7 Å². The summed E-state index contributed by atoms with van der Waals surface area (Å²) in [7, 11) is 0. The van der Waals surface area contributed by atoms with Crippen LogP contribution < -0.4 is 4.74 Å². The first-order chi connectivity index (χ1) is 26.2. The van der Waals surface area contributed by atoms with Gasteiger partial charge in [0.1, 0.15) is 5.82 Å². The van der Waals surface area contributed by atoms with Gasteiger partial charge in [0, 0.05) is 41.3 Å². The van der Waals surface area contributed by atoms with Crippen LogP contribution in [0.2, 0.25) is 0 Å². The second-order valence-corrected chi connectivity index (χ2v) is 16.2. The third-order valence-corrected chi connectivity index (χ3v) is 11.6. The first-order valence-electron chi connectivity index (χ1n) is 19.1. The third-order valence-electron chi connectivity index (χ3n) is 11.6. The van der Waals surface area contributed by atoms with Crippen LogP contribution >= 0.6 is 0 Å². The van der Waals surface area contributed by atoms with E-state index in [2.05, 4.69) is 146 Å². The van der Waals surface area contributed by atoms with Crippen molar-refractivity contribution in [1.29, 1.82) is 0 Å². The summed E-state index contributed by atoms with van der Waals surface area (Å²) >= 11 is 0. The van der Waals surface area contributed by atoms with E-state index in [1.807, 2.05) is 42.9 Å². The predicted molar refractivity (Wildman–Crippen MR) is 227 cm³/mol. The van der Waals surface area contributed by atoms with Crippen LogP contribution in [0.1, 0.15) is 70.8 Å². The average Bonchev–Trinajstić information content (AvgIpc) is 3.76. The topological polar surface area (TPSA) is 44.9 Å². The number of pyridine rings is 1. The molecule has 0 radical (unpaired) electrons. The van der Waals surface area contributed by atoms with Crippen molar-refractivity contribution in [2.75, 3.05) is 0 Å². The van der Waals surface area contributed by atoms with Crippen LogP contribution in [0.15, 0.2) is 91.4 Å². The van der Waals surface area contributed by atoms with Gasteiger partial charge in [-0.05, 0) is 140 Å². The largest absolute Gasteiger partial charge is 2.00 e. The van der Waals surface area contributed by atoms with Crippen molar-refractivity contribution in [1.82, 2.24) is 19.1 Å². The molecule has 0 N–H and O–H groups in total. The van der Waals surface area contributed by atoms with Gasteiger partial charge in [0.2, 0.25) is 0 Å². The Morgan fingerprint density at radius 3 is 2.00 bits per heavy atom. The average molecular weight is 916 g/mol. The molecule has 56 heavy (non-hydrogen) atoms. The van der Waals surface area contributed by atoms with Gasteiger partial charge in [0.05, 0.1) is 5.82 Å². The molecule has 0 saturated heterocycles. The van der Waals surface area contributed by atoms with Gasteiger partial charge in [-0.3, -0.25) is 4.98 Å². The van der Waals surface area contributed by atoms with Crippen LogP contribution in [0.4, 0.5) is 0 Å². The molecule has 3 aromatic heterocycles. The zero-order chi connectivity index (χ0) is 38.9. The molecule has 0 aliphatic rings. The Morgan fingerprint density at radius 2 is 1.30 bits per heavy atom. The minimum Gasteiger partial charge on any atom is -0.503 e. The van der Waals surface area contributed by atoms with Gasteiger partial charge in [0.15, 0.2) is 0 Å². The van der Waals surface area contributed by atoms with Crippen molar-refractivity contribution in [3.63, 3.8) is 0 Å². The number of fused-ring (bicyclic) bond motifs is 3. The van der Waals surface area contributed by atoms with Gasteiger partial charge in [-0.15, -0.1) is 41.3 Å². The molecular weight excluding hydrogens is 868 g/mol. The van der Waals surface area contributed by atoms with E-state index in [1.165, 1.54) is 61.3 Å². The first kappa shape index (κ1) is 39.0. The number of aryl methyl sites for hydroxylation is 3. The maximum absolute atomic E-state index is 6.56. The number of para-hydroxylation sites is 1. The Morgan fingerprint density at radius 1 is 0.643 bits per heavy atom. The summed E-state index contributed by atoms with van der Waals surface area (Å²) in [6.07, 6.45) is 5.89. The fourth-order valence-corrected chi connectivity index (χ4v) is 8.18. The van der Waals surface area contributed by atoms with E-state index in [0.29, 0.717) is 11.5 Å². The molecule has 0 amide bonds. The summed E-state index contributed by atoms with van der Waals surface area (Å²) in [6, 6.07) is 32.6. The van der Waals surface area contributed by atoms with Crippen molar-refractivity contribution >= 4 is 21.8 Å². The van der Waals surface area contributed by atoms with E-state index in [9.17, 15) is 0 Å². The monoisotopic (exact) mass is 915 g/mol. The molecule has 5 aromatic carbocycles. The van der Waals surface area contributed by atoms with Gasteiger partial charge in [-0.25, -0.2) is 4.98 Å². The zero-order valence-electron chi connectivity index (χ0n) is 34.2.